The molecule has 0 amide bonds. The van der Waals surface area contributed by atoms with Gasteiger partial charge in [-0.05, 0) is 71.0 Å². The molecule has 1 N–H and O–H groups in total. The summed E-state index contributed by atoms with van der Waals surface area (Å²) in [7, 11) is 0. The summed E-state index contributed by atoms with van der Waals surface area (Å²) < 4.78 is 0. The van der Waals surface area contributed by atoms with E-state index in [4.69, 9.17) is 0 Å². The molecule has 3 heteroatoms. The summed E-state index contributed by atoms with van der Waals surface area (Å²) in [5.74, 6) is 0.883. The molecular weight excluding hydrogens is 270 g/mol. The average Bonchev–Trinajstić information content (AvgIpc) is 2.57. The number of nitrogens with one attached hydrogen (secondary N) is 1. The predicted octanol–water partition coefficient (Wildman–Crippen LogP) is 3.10. The molecule has 4 unspecified atom stereocenters. The molecule has 128 valence electrons. The average molecular weight is 308 g/mol. The van der Waals surface area contributed by atoms with Crippen molar-refractivity contribution in [2.75, 3.05) is 32.7 Å². The second kappa shape index (κ2) is 8.12. The Bertz CT molecular complexity index is 333. The van der Waals surface area contributed by atoms with E-state index in [0.29, 0.717) is 0 Å². The highest BCUT2D eigenvalue weighted by atomic mass is 15.2. The first kappa shape index (κ1) is 16.7. The van der Waals surface area contributed by atoms with E-state index in [0.717, 1.165) is 24.0 Å². The van der Waals surface area contributed by atoms with E-state index >= 15 is 0 Å². The van der Waals surface area contributed by atoms with Crippen molar-refractivity contribution in [3.8, 4) is 0 Å². The first-order valence-corrected chi connectivity index (χ1v) is 10.00. The van der Waals surface area contributed by atoms with E-state index in [-0.39, 0.29) is 0 Å². The fraction of sp³-hybridized carbons (Fsp3) is 1.00. The predicted molar refractivity (Wildman–Crippen MR) is 94.3 cm³/mol. The van der Waals surface area contributed by atoms with Gasteiger partial charge in [-0.25, -0.2) is 0 Å². The van der Waals surface area contributed by atoms with Gasteiger partial charge in [-0.2, -0.15) is 0 Å². The summed E-state index contributed by atoms with van der Waals surface area (Å²) in [5, 5.41) is 3.68. The Kier molecular flexibility index (Phi) is 6.17. The Labute approximate surface area is 137 Å². The molecule has 3 fully saturated rings. The van der Waals surface area contributed by atoms with Gasteiger partial charge in [-0.3, -0.25) is 4.90 Å². The molecule has 3 heterocycles. The molecule has 3 aliphatic heterocycles. The van der Waals surface area contributed by atoms with Crippen molar-refractivity contribution >= 4 is 0 Å². The van der Waals surface area contributed by atoms with Gasteiger partial charge in [0.1, 0.15) is 0 Å². The van der Waals surface area contributed by atoms with Crippen LogP contribution in [0.3, 0.4) is 0 Å². The minimum Gasteiger partial charge on any atom is -0.315 e. The zero-order valence-corrected chi connectivity index (χ0v) is 14.9. The first-order chi connectivity index (χ1) is 10.8. The van der Waals surface area contributed by atoms with Crippen molar-refractivity contribution in [2.45, 2.75) is 83.3 Å². The lowest BCUT2D eigenvalue weighted by molar-refractivity contribution is 0.0251. The van der Waals surface area contributed by atoms with Gasteiger partial charge in [0.15, 0.2) is 0 Å². The molecule has 3 saturated heterocycles. The third kappa shape index (κ3) is 3.85. The highest BCUT2D eigenvalue weighted by Crippen LogP contribution is 2.29. The summed E-state index contributed by atoms with van der Waals surface area (Å²) in [6, 6.07) is 2.44. The van der Waals surface area contributed by atoms with Crippen molar-refractivity contribution in [2.24, 2.45) is 5.92 Å². The summed E-state index contributed by atoms with van der Waals surface area (Å²) in [6.45, 7) is 11.3. The van der Waals surface area contributed by atoms with Crippen molar-refractivity contribution in [3.05, 3.63) is 0 Å². The molecule has 22 heavy (non-hydrogen) atoms. The summed E-state index contributed by atoms with van der Waals surface area (Å²) in [4.78, 5) is 5.70. The zero-order chi connectivity index (χ0) is 15.4. The molecule has 0 aromatic rings. The van der Waals surface area contributed by atoms with Gasteiger partial charge < -0.3 is 10.2 Å². The lowest BCUT2D eigenvalue weighted by atomic mass is 9.86. The maximum atomic E-state index is 3.68. The third-order valence-electron chi connectivity index (χ3n) is 6.56. The smallest absolute Gasteiger partial charge is 0.0264 e. The second-order valence-electron chi connectivity index (χ2n) is 7.96. The normalized spacial score (nSPS) is 39.0. The van der Waals surface area contributed by atoms with Crippen LogP contribution in [0.1, 0.15) is 65.2 Å². The van der Waals surface area contributed by atoms with E-state index in [1.807, 2.05) is 0 Å². The number of rotatable bonds is 4. The summed E-state index contributed by atoms with van der Waals surface area (Å²) in [5.41, 5.74) is 0. The largest absolute Gasteiger partial charge is 0.315 e. The van der Waals surface area contributed by atoms with Crippen molar-refractivity contribution in [1.29, 1.82) is 0 Å². The fourth-order valence-corrected chi connectivity index (χ4v) is 5.17. The first-order valence-electron chi connectivity index (χ1n) is 10.00. The molecular formula is C19H37N3. The second-order valence-corrected chi connectivity index (χ2v) is 7.96. The van der Waals surface area contributed by atoms with E-state index < -0.39 is 0 Å². The lowest BCUT2D eigenvalue weighted by Crippen LogP contribution is -2.58. The molecule has 3 rings (SSSR count). The Morgan fingerprint density at radius 2 is 1.82 bits per heavy atom. The third-order valence-corrected chi connectivity index (χ3v) is 6.56. The standard InChI is InChI=1S/C19H37N3/c1-3-18-9-5-6-12-21(18)15-17-10-11-20-14-19(17)22-13-7-4-8-16(22)2/h16-20H,3-15H2,1-2H3. The number of hydrogen-bond acceptors (Lipinski definition) is 3. The van der Waals surface area contributed by atoms with Crippen molar-refractivity contribution < 1.29 is 0 Å². The highest BCUT2D eigenvalue weighted by molar-refractivity contribution is 4.92. The molecule has 4 atom stereocenters. The van der Waals surface area contributed by atoms with Gasteiger partial charge in [0, 0.05) is 31.2 Å². The molecule has 0 aliphatic carbocycles. The van der Waals surface area contributed by atoms with Crippen LogP contribution in [0, 0.1) is 5.92 Å². The van der Waals surface area contributed by atoms with Gasteiger partial charge in [0.05, 0.1) is 0 Å². The minimum absolute atomic E-state index is 0.781. The monoisotopic (exact) mass is 307 g/mol. The quantitative estimate of drug-likeness (QED) is 0.861. The number of nitrogens with zero attached hydrogens (tertiary/aromatic N) is 2. The number of likely N-dealkylation sites (tertiary alicyclic amines) is 2. The molecule has 0 aromatic carbocycles. The van der Waals surface area contributed by atoms with Crippen LogP contribution in [0.25, 0.3) is 0 Å². The maximum Gasteiger partial charge on any atom is 0.0264 e. The van der Waals surface area contributed by atoms with Crippen LogP contribution in [-0.4, -0.2) is 60.6 Å². The van der Waals surface area contributed by atoms with Gasteiger partial charge in [0.25, 0.3) is 0 Å². The molecule has 0 bridgehead atoms. The Balaban J connectivity index is 1.64. The summed E-state index contributed by atoms with van der Waals surface area (Å²) >= 11 is 0. The van der Waals surface area contributed by atoms with Crippen molar-refractivity contribution in [3.63, 3.8) is 0 Å². The van der Waals surface area contributed by atoms with Crippen LogP contribution in [0.5, 0.6) is 0 Å². The van der Waals surface area contributed by atoms with Crippen LogP contribution in [0.2, 0.25) is 0 Å². The van der Waals surface area contributed by atoms with E-state index in [9.17, 15) is 0 Å². The highest BCUT2D eigenvalue weighted by Gasteiger charge is 2.35. The topological polar surface area (TPSA) is 18.5 Å². The minimum atomic E-state index is 0.781. The van der Waals surface area contributed by atoms with Crippen LogP contribution >= 0.6 is 0 Å². The molecule has 3 aliphatic rings. The van der Waals surface area contributed by atoms with Gasteiger partial charge >= 0.3 is 0 Å². The number of hydrogen-bond donors (Lipinski definition) is 1. The maximum absolute atomic E-state index is 3.68. The van der Waals surface area contributed by atoms with Crippen LogP contribution in [0.15, 0.2) is 0 Å². The SMILES string of the molecule is CCC1CCCCN1CC1CCNCC1N1CCCCC1C. The van der Waals surface area contributed by atoms with Gasteiger partial charge in [-0.1, -0.05) is 19.8 Å². The lowest BCUT2D eigenvalue weighted by Gasteiger charge is -2.47. The molecule has 3 nitrogen and oxygen atoms in total. The number of piperidine rings is 3. The van der Waals surface area contributed by atoms with E-state index in [1.165, 1.54) is 84.1 Å². The molecule has 0 spiro atoms. The Morgan fingerprint density at radius 3 is 2.64 bits per heavy atom. The Hall–Kier alpha value is -0.120. The van der Waals surface area contributed by atoms with E-state index in [2.05, 4.69) is 29.0 Å². The van der Waals surface area contributed by atoms with E-state index in [1.54, 1.807) is 0 Å². The Morgan fingerprint density at radius 1 is 1.00 bits per heavy atom. The zero-order valence-electron chi connectivity index (χ0n) is 14.9. The van der Waals surface area contributed by atoms with Crippen LogP contribution < -0.4 is 5.32 Å². The van der Waals surface area contributed by atoms with Crippen molar-refractivity contribution in [1.82, 2.24) is 15.1 Å². The van der Waals surface area contributed by atoms with Gasteiger partial charge in [0.2, 0.25) is 0 Å². The molecule has 0 saturated carbocycles. The fourth-order valence-electron chi connectivity index (χ4n) is 5.17. The van der Waals surface area contributed by atoms with Gasteiger partial charge in [-0.15, -0.1) is 0 Å². The van der Waals surface area contributed by atoms with Crippen LogP contribution in [0.4, 0.5) is 0 Å². The molecule has 0 aromatic heterocycles. The molecule has 0 radical (unpaired) electrons. The summed E-state index contributed by atoms with van der Waals surface area (Å²) in [6.07, 6.45) is 11.3. The van der Waals surface area contributed by atoms with Crippen LogP contribution in [-0.2, 0) is 0 Å².